The van der Waals surface area contributed by atoms with Crippen molar-refractivity contribution in [2.24, 2.45) is 0 Å². The summed E-state index contributed by atoms with van der Waals surface area (Å²) in [5, 5.41) is 9.87. The molecule has 1 N–H and O–H groups in total. The molecule has 2 aliphatic rings. The van der Waals surface area contributed by atoms with Crippen molar-refractivity contribution in [3.63, 3.8) is 0 Å². The Hall–Kier alpha value is -0.690. The minimum Gasteiger partial charge on any atom is -0.389 e. The van der Waals surface area contributed by atoms with Gasteiger partial charge in [-0.1, -0.05) is 0 Å². The molecule has 2 unspecified atom stereocenters. The van der Waals surface area contributed by atoms with E-state index in [1.807, 2.05) is 25.7 Å². The van der Waals surface area contributed by atoms with Gasteiger partial charge in [0.1, 0.15) is 6.10 Å². The number of carbonyl (C=O) groups is 1. The summed E-state index contributed by atoms with van der Waals surface area (Å²) in [7, 11) is 0. The standard InChI is InChI=1S/C17H32N2O4/c1-14(23-12-15-6-4-5-11-22-15)16(20)19-9-7-18(8-10-19)13-17(2,3)21/h14-15,21H,4-13H2,1-3H3. The Morgan fingerprint density at radius 1 is 1.30 bits per heavy atom. The van der Waals surface area contributed by atoms with E-state index in [2.05, 4.69) is 4.90 Å². The van der Waals surface area contributed by atoms with Gasteiger partial charge in [0, 0.05) is 39.3 Å². The van der Waals surface area contributed by atoms with Crippen LogP contribution >= 0.6 is 0 Å². The smallest absolute Gasteiger partial charge is 0.251 e. The van der Waals surface area contributed by atoms with Crippen LogP contribution in [0.25, 0.3) is 0 Å². The Balaban J connectivity index is 1.69. The minimum atomic E-state index is -0.692. The van der Waals surface area contributed by atoms with Gasteiger partial charge in [-0.05, 0) is 40.0 Å². The van der Waals surface area contributed by atoms with Crippen molar-refractivity contribution in [2.45, 2.75) is 57.8 Å². The van der Waals surface area contributed by atoms with Gasteiger partial charge < -0.3 is 19.5 Å². The van der Waals surface area contributed by atoms with Crippen LogP contribution in [0.1, 0.15) is 40.0 Å². The van der Waals surface area contributed by atoms with E-state index < -0.39 is 11.7 Å². The number of carbonyl (C=O) groups excluding carboxylic acids is 1. The van der Waals surface area contributed by atoms with Crippen LogP contribution in [0.3, 0.4) is 0 Å². The van der Waals surface area contributed by atoms with Crippen molar-refractivity contribution >= 4 is 5.91 Å². The van der Waals surface area contributed by atoms with Gasteiger partial charge in [-0.2, -0.15) is 0 Å². The Kier molecular flexibility index (Phi) is 6.83. The number of nitrogens with zero attached hydrogens (tertiary/aromatic N) is 2. The molecule has 1 amide bonds. The van der Waals surface area contributed by atoms with Crippen LogP contribution in [0.4, 0.5) is 0 Å². The molecule has 134 valence electrons. The summed E-state index contributed by atoms with van der Waals surface area (Å²) in [6, 6.07) is 0. The molecule has 2 heterocycles. The lowest BCUT2D eigenvalue weighted by molar-refractivity contribution is -0.148. The van der Waals surface area contributed by atoms with Crippen LogP contribution in [0.15, 0.2) is 0 Å². The predicted molar refractivity (Wildman–Crippen MR) is 88.3 cm³/mol. The summed E-state index contributed by atoms with van der Waals surface area (Å²) in [4.78, 5) is 16.5. The average Bonchev–Trinajstić information content (AvgIpc) is 2.52. The van der Waals surface area contributed by atoms with Gasteiger partial charge in [-0.25, -0.2) is 0 Å². The highest BCUT2D eigenvalue weighted by molar-refractivity contribution is 5.80. The molecule has 0 bridgehead atoms. The number of piperazine rings is 1. The van der Waals surface area contributed by atoms with E-state index in [1.54, 1.807) is 0 Å². The maximum absolute atomic E-state index is 12.5. The van der Waals surface area contributed by atoms with Gasteiger partial charge in [0.2, 0.25) is 0 Å². The second kappa shape index (κ2) is 8.42. The number of β-amino-alcohol motifs (C(OH)–C–C–N with tert-alkyl or cyclic N) is 1. The molecule has 0 aromatic heterocycles. The molecule has 2 fully saturated rings. The van der Waals surface area contributed by atoms with Crippen LogP contribution in [-0.2, 0) is 14.3 Å². The van der Waals surface area contributed by atoms with E-state index in [4.69, 9.17) is 9.47 Å². The molecule has 6 heteroatoms. The third-order valence-electron chi connectivity index (χ3n) is 4.45. The summed E-state index contributed by atoms with van der Waals surface area (Å²) in [5.74, 6) is 0.0590. The Labute approximate surface area is 139 Å². The fraction of sp³-hybridized carbons (Fsp3) is 0.941. The third kappa shape index (κ3) is 6.37. The van der Waals surface area contributed by atoms with E-state index >= 15 is 0 Å². The molecule has 0 aliphatic carbocycles. The fourth-order valence-electron chi connectivity index (χ4n) is 3.19. The molecule has 2 saturated heterocycles. The Bertz CT molecular complexity index is 369. The van der Waals surface area contributed by atoms with Crippen molar-refractivity contribution in [1.82, 2.24) is 9.80 Å². The first kappa shape index (κ1) is 18.6. The second-order valence-corrected chi connectivity index (χ2v) is 7.38. The average molecular weight is 328 g/mol. The lowest BCUT2D eigenvalue weighted by atomic mass is 10.1. The summed E-state index contributed by atoms with van der Waals surface area (Å²) in [6.07, 6.45) is 3.06. The molecular formula is C17H32N2O4. The second-order valence-electron chi connectivity index (χ2n) is 7.38. The zero-order valence-electron chi connectivity index (χ0n) is 14.8. The van der Waals surface area contributed by atoms with Crippen LogP contribution < -0.4 is 0 Å². The van der Waals surface area contributed by atoms with Crippen molar-refractivity contribution < 1.29 is 19.4 Å². The quantitative estimate of drug-likeness (QED) is 0.784. The van der Waals surface area contributed by atoms with Crippen LogP contribution in [-0.4, -0.2) is 84.6 Å². The molecule has 0 spiro atoms. The number of amides is 1. The van der Waals surface area contributed by atoms with Crippen LogP contribution in [0.5, 0.6) is 0 Å². The lowest BCUT2D eigenvalue weighted by Gasteiger charge is -2.38. The van der Waals surface area contributed by atoms with Crippen LogP contribution in [0, 0.1) is 0 Å². The summed E-state index contributed by atoms with van der Waals surface area (Å²) in [6.45, 7) is 10.4. The molecule has 0 radical (unpaired) electrons. The summed E-state index contributed by atoms with van der Waals surface area (Å²) < 4.78 is 11.4. The van der Waals surface area contributed by atoms with E-state index in [-0.39, 0.29) is 12.0 Å². The molecule has 6 nitrogen and oxygen atoms in total. The highest BCUT2D eigenvalue weighted by atomic mass is 16.5. The van der Waals surface area contributed by atoms with Gasteiger partial charge >= 0.3 is 0 Å². The number of hydrogen-bond donors (Lipinski definition) is 1. The Morgan fingerprint density at radius 2 is 2.00 bits per heavy atom. The normalized spacial score (nSPS) is 25.4. The first-order valence-electron chi connectivity index (χ1n) is 8.82. The zero-order valence-corrected chi connectivity index (χ0v) is 14.8. The largest absolute Gasteiger partial charge is 0.389 e. The van der Waals surface area contributed by atoms with E-state index in [0.717, 1.165) is 32.5 Å². The summed E-state index contributed by atoms with van der Waals surface area (Å²) >= 11 is 0. The van der Waals surface area contributed by atoms with Gasteiger partial charge in [-0.15, -0.1) is 0 Å². The summed E-state index contributed by atoms with van der Waals surface area (Å²) in [5.41, 5.74) is -0.692. The number of hydrogen-bond acceptors (Lipinski definition) is 5. The first-order valence-corrected chi connectivity index (χ1v) is 8.82. The lowest BCUT2D eigenvalue weighted by Crippen LogP contribution is -2.54. The van der Waals surface area contributed by atoms with E-state index in [0.29, 0.717) is 26.2 Å². The molecule has 23 heavy (non-hydrogen) atoms. The molecule has 2 aliphatic heterocycles. The van der Waals surface area contributed by atoms with Gasteiger partial charge in [-0.3, -0.25) is 9.69 Å². The molecular weight excluding hydrogens is 296 g/mol. The number of aliphatic hydroxyl groups is 1. The molecule has 0 saturated carbocycles. The molecule has 0 aromatic rings. The van der Waals surface area contributed by atoms with Crippen molar-refractivity contribution in [1.29, 1.82) is 0 Å². The van der Waals surface area contributed by atoms with Crippen molar-refractivity contribution in [2.75, 3.05) is 45.9 Å². The van der Waals surface area contributed by atoms with E-state index in [1.165, 1.54) is 6.42 Å². The topological polar surface area (TPSA) is 62.2 Å². The Morgan fingerprint density at radius 3 is 2.57 bits per heavy atom. The monoisotopic (exact) mass is 328 g/mol. The van der Waals surface area contributed by atoms with E-state index in [9.17, 15) is 9.90 Å². The fourth-order valence-corrected chi connectivity index (χ4v) is 3.19. The van der Waals surface area contributed by atoms with Crippen molar-refractivity contribution in [3.8, 4) is 0 Å². The highest BCUT2D eigenvalue weighted by Gasteiger charge is 2.28. The van der Waals surface area contributed by atoms with Crippen molar-refractivity contribution in [3.05, 3.63) is 0 Å². The van der Waals surface area contributed by atoms with Crippen LogP contribution in [0.2, 0.25) is 0 Å². The number of ether oxygens (including phenoxy) is 2. The zero-order chi connectivity index (χ0) is 16.9. The minimum absolute atomic E-state index is 0.0590. The highest BCUT2D eigenvalue weighted by Crippen LogP contribution is 2.14. The SMILES string of the molecule is CC(OCC1CCCCO1)C(=O)N1CCN(CC(C)(C)O)CC1. The molecule has 2 atom stereocenters. The number of rotatable bonds is 6. The molecule has 0 aromatic carbocycles. The van der Waals surface area contributed by atoms with Gasteiger partial charge in [0.15, 0.2) is 0 Å². The van der Waals surface area contributed by atoms with Gasteiger partial charge in [0.25, 0.3) is 5.91 Å². The molecule has 2 rings (SSSR count). The first-order chi connectivity index (χ1) is 10.8. The maximum atomic E-state index is 12.5. The van der Waals surface area contributed by atoms with Gasteiger partial charge in [0.05, 0.1) is 18.3 Å². The predicted octanol–water partition coefficient (Wildman–Crippen LogP) is 0.876. The maximum Gasteiger partial charge on any atom is 0.251 e. The third-order valence-corrected chi connectivity index (χ3v) is 4.45.